The van der Waals surface area contributed by atoms with Gasteiger partial charge in [-0.05, 0) is 41.1 Å². The first-order chi connectivity index (χ1) is 7.36. The van der Waals surface area contributed by atoms with Gasteiger partial charge in [-0.25, -0.2) is 8.42 Å². The van der Waals surface area contributed by atoms with Gasteiger partial charge in [-0.3, -0.25) is 4.72 Å². The molecule has 1 unspecified atom stereocenters. The second-order valence-corrected chi connectivity index (χ2v) is 6.68. The summed E-state index contributed by atoms with van der Waals surface area (Å²) in [6, 6.07) is 4.83. The Balaban J connectivity index is 2.93. The average Bonchev–Trinajstić information content (AvgIpc) is 2.22. The van der Waals surface area contributed by atoms with Gasteiger partial charge in [0, 0.05) is 11.0 Å². The minimum absolute atomic E-state index is 0.0690. The summed E-state index contributed by atoms with van der Waals surface area (Å²) in [5.41, 5.74) is 5.74. The van der Waals surface area contributed by atoms with E-state index in [-0.39, 0.29) is 6.54 Å². The van der Waals surface area contributed by atoms with E-state index < -0.39 is 15.3 Å². The molecular weight excluding hydrogens is 316 g/mol. The zero-order valence-corrected chi connectivity index (χ0v) is 11.7. The summed E-state index contributed by atoms with van der Waals surface area (Å²) in [5, 5.41) is -0.199. The van der Waals surface area contributed by atoms with Crippen molar-refractivity contribution >= 4 is 43.2 Å². The Hall–Kier alpha value is -0.300. The van der Waals surface area contributed by atoms with Gasteiger partial charge in [-0.15, -0.1) is 0 Å². The smallest absolute Gasteiger partial charge is 0.236 e. The Bertz CT molecular complexity index is 478. The first kappa shape index (κ1) is 13.8. The quantitative estimate of drug-likeness (QED) is 0.890. The van der Waals surface area contributed by atoms with Crippen LogP contribution in [0.2, 0.25) is 5.02 Å². The maximum Gasteiger partial charge on any atom is 0.236 e. The molecule has 0 aromatic heterocycles. The zero-order valence-electron chi connectivity index (χ0n) is 8.57. The predicted octanol–water partition coefficient (Wildman–Crippen LogP) is 2.19. The SMILES string of the molecule is CC(CN)S(=O)(=O)Nc1ccc(Br)c(Cl)c1. The van der Waals surface area contributed by atoms with Crippen molar-refractivity contribution in [1.29, 1.82) is 0 Å². The number of halogens is 2. The molecule has 0 fully saturated rings. The van der Waals surface area contributed by atoms with Crippen LogP contribution >= 0.6 is 27.5 Å². The van der Waals surface area contributed by atoms with Gasteiger partial charge in [-0.2, -0.15) is 0 Å². The van der Waals surface area contributed by atoms with Crippen molar-refractivity contribution in [1.82, 2.24) is 0 Å². The highest BCUT2D eigenvalue weighted by molar-refractivity contribution is 9.10. The summed E-state index contributed by atoms with van der Waals surface area (Å²) in [7, 11) is -3.44. The Labute approximate surface area is 108 Å². The molecule has 1 rings (SSSR count). The van der Waals surface area contributed by atoms with E-state index in [2.05, 4.69) is 20.7 Å². The Morgan fingerprint density at radius 1 is 1.56 bits per heavy atom. The highest BCUT2D eigenvalue weighted by Crippen LogP contribution is 2.26. The molecule has 0 radical (unpaired) electrons. The largest absolute Gasteiger partial charge is 0.329 e. The molecule has 0 amide bonds. The van der Waals surface area contributed by atoms with Gasteiger partial charge in [0.05, 0.1) is 16.0 Å². The third-order valence-corrected chi connectivity index (χ3v) is 5.05. The molecule has 0 aliphatic carbocycles. The van der Waals surface area contributed by atoms with E-state index >= 15 is 0 Å². The third kappa shape index (κ3) is 3.35. The summed E-state index contributed by atoms with van der Waals surface area (Å²) in [4.78, 5) is 0. The van der Waals surface area contributed by atoms with E-state index in [4.69, 9.17) is 17.3 Å². The maximum absolute atomic E-state index is 11.7. The van der Waals surface area contributed by atoms with E-state index in [0.717, 1.165) is 0 Å². The van der Waals surface area contributed by atoms with Gasteiger partial charge in [-0.1, -0.05) is 11.6 Å². The molecule has 0 bridgehead atoms. The number of nitrogens with one attached hydrogen (secondary N) is 1. The normalized spacial score (nSPS) is 13.5. The number of hydrogen-bond donors (Lipinski definition) is 2. The van der Waals surface area contributed by atoms with Crippen molar-refractivity contribution < 1.29 is 8.42 Å². The van der Waals surface area contributed by atoms with Gasteiger partial charge in [0.25, 0.3) is 0 Å². The van der Waals surface area contributed by atoms with Crippen LogP contribution < -0.4 is 10.5 Å². The van der Waals surface area contributed by atoms with Gasteiger partial charge >= 0.3 is 0 Å². The highest BCUT2D eigenvalue weighted by Gasteiger charge is 2.19. The van der Waals surface area contributed by atoms with Gasteiger partial charge in [0.1, 0.15) is 0 Å². The number of nitrogens with two attached hydrogens (primary N) is 1. The van der Waals surface area contributed by atoms with Crippen molar-refractivity contribution in [2.75, 3.05) is 11.3 Å². The van der Waals surface area contributed by atoms with E-state index in [1.165, 1.54) is 6.07 Å². The number of sulfonamides is 1. The number of rotatable bonds is 4. The summed E-state index contributed by atoms with van der Waals surface area (Å²) in [6.07, 6.45) is 0. The van der Waals surface area contributed by atoms with E-state index in [1.54, 1.807) is 19.1 Å². The van der Waals surface area contributed by atoms with Gasteiger partial charge in [0.15, 0.2) is 0 Å². The summed E-state index contributed by atoms with van der Waals surface area (Å²) in [6.45, 7) is 1.61. The van der Waals surface area contributed by atoms with Crippen molar-refractivity contribution in [2.24, 2.45) is 5.73 Å². The predicted molar refractivity (Wildman–Crippen MR) is 70.2 cm³/mol. The summed E-state index contributed by atoms with van der Waals surface area (Å²) in [5.74, 6) is 0. The second kappa shape index (κ2) is 5.35. The first-order valence-electron chi connectivity index (χ1n) is 4.53. The van der Waals surface area contributed by atoms with Crippen LogP contribution in [0, 0.1) is 0 Å². The zero-order chi connectivity index (χ0) is 12.3. The lowest BCUT2D eigenvalue weighted by molar-refractivity contribution is 0.589. The Kier molecular flexibility index (Phi) is 4.61. The first-order valence-corrected chi connectivity index (χ1v) is 7.25. The lowest BCUT2D eigenvalue weighted by Gasteiger charge is -2.13. The van der Waals surface area contributed by atoms with Crippen molar-refractivity contribution in [3.8, 4) is 0 Å². The van der Waals surface area contributed by atoms with Crippen LogP contribution in [0.15, 0.2) is 22.7 Å². The highest BCUT2D eigenvalue weighted by atomic mass is 79.9. The van der Waals surface area contributed by atoms with E-state index in [1.807, 2.05) is 0 Å². The van der Waals surface area contributed by atoms with Crippen LogP contribution in [-0.4, -0.2) is 20.2 Å². The fraction of sp³-hybridized carbons (Fsp3) is 0.333. The maximum atomic E-state index is 11.7. The molecule has 3 N–H and O–H groups in total. The van der Waals surface area contributed by atoms with Crippen molar-refractivity contribution in [3.63, 3.8) is 0 Å². The molecule has 0 spiro atoms. The van der Waals surface area contributed by atoms with Gasteiger partial charge in [0.2, 0.25) is 10.0 Å². The van der Waals surface area contributed by atoms with Crippen LogP contribution in [0.4, 0.5) is 5.69 Å². The molecule has 1 atom stereocenters. The van der Waals surface area contributed by atoms with Crippen LogP contribution in [0.5, 0.6) is 0 Å². The fourth-order valence-corrected chi connectivity index (χ4v) is 2.29. The minimum Gasteiger partial charge on any atom is -0.329 e. The molecule has 0 saturated carbocycles. The van der Waals surface area contributed by atoms with E-state index in [0.29, 0.717) is 15.2 Å². The van der Waals surface area contributed by atoms with Crippen LogP contribution in [0.25, 0.3) is 0 Å². The van der Waals surface area contributed by atoms with Crippen molar-refractivity contribution in [3.05, 3.63) is 27.7 Å². The Morgan fingerprint density at radius 2 is 2.19 bits per heavy atom. The molecule has 1 aromatic carbocycles. The summed E-state index contributed by atoms with van der Waals surface area (Å²) >= 11 is 9.07. The van der Waals surface area contributed by atoms with Crippen LogP contribution in [0.1, 0.15) is 6.92 Å². The second-order valence-electron chi connectivity index (χ2n) is 3.32. The molecule has 4 nitrogen and oxygen atoms in total. The standard InChI is InChI=1S/C9H12BrClN2O2S/c1-6(5-12)16(14,15)13-7-2-3-8(10)9(11)4-7/h2-4,6,13H,5,12H2,1H3. The van der Waals surface area contributed by atoms with Gasteiger partial charge < -0.3 is 5.73 Å². The van der Waals surface area contributed by atoms with E-state index in [9.17, 15) is 8.42 Å². The number of anilines is 1. The topological polar surface area (TPSA) is 72.2 Å². The molecule has 0 aliphatic rings. The third-order valence-electron chi connectivity index (χ3n) is 2.04. The molecule has 0 aliphatic heterocycles. The van der Waals surface area contributed by atoms with Crippen LogP contribution in [0.3, 0.4) is 0 Å². The van der Waals surface area contributed by atoms with Crippen LogP contribution in [-0.2, 0) is 10.0 Å². The Morgan fingerprint density at radius 3 is 2.69 bits per heavy atom. The molecule has 1 aromatic rings. The average molecular weight is 328 g/mol. The minimum atomic E-state index is -3.44. The lowest BCUT2D eigenvalue weighted by atomic mass is 10.3. The fourth-order valence-electron chi connectivity index (χ4n) is 0.951. The molecule has 0 heterocycles. The summed E-state index contributed by atoms with van der Waals surface area (Å²) < 4.78 is 26.5. The molecular formula is C9H12BrClN2O2S. The van der Waals surface area contributed by atoms with Crippen molar-refractivity contribution in [2.45, 2.75) is 12.2 Å². The molecule has 7 heteroatoms. The number of benzene rings is 1. The molecule has 16 heavy (non-hydrogen) atoms. The molecule has 0 saturated heterocycles. The molecule has 90 valence electrons. The monoisotopic (exact) mass is 326 g/mol. The number of hydrogen-bond acceptors (Lipinski definition) is 3. The lowest BCUT2D eigenvalue weighted by Crippen LogP contribution is -2.31.